The zero-order chi connectivity index (χ0) is 12.9. The van der Waals surface area contributed by atoms with Crippen LogP contribution >= 0.6 is 15.9 Å². The number of hydrogen-bond donors (Lipinski definition) is 1. The lowest BCUT2D eigenvalue weighted by Crippen LogP contribution is -2.23. The second-order valence-corrected chi connectivity index (χ2v) is 5.64. The molecule has 0 fully saturated rings. The van der Waals surface area contributed by atoms with Crippen molar-refractivity contribution in [2.24, 2.45) is 5.41 Å². The van der Waals surface area contributed by atoms with Crippen LogP contribution in [0.4, 0.5) is 0 Å². The highest BCUT2D eigenvalue weighted by molar-refractivity contribution is 9.10. The third-order valence-corrected chi connectivity index (χ3v) is 3.03. The molecular weight excluding hydrogens is 284 g/mol. The molecule has 0 aromatic heterocycles. The van der Waals surface area contributed by atoms with Crippen molar-refractivity contribution in [2.75, 3.05) is 20.3 Å². The second-order valence-electron chi connectivity index (χ2n) is 4.78. The van der Waals surface area contributed by atoms with Crippen LogP contribution in [0, 0.1) is 5.41 Å². The lowest BCUT2D eigenvalue weighted by atomic mass is 9.97. The first kappa shape index (κ1) is 14.5. The summed E-state index contributed by atoms with van der Waals surface area (Å²) in [6.07, 6.45) is 0. The van der Waals surface area contributed by atoms with Crippen molar-refractivity contribution in [2.45, 2.75) is 20.5 Å². The van der Waals surface area contributed by atoms with Gasteiger partial charge in [-0.1, -0.05) is 19.9 Å². The lowest BCUT2D eigenvalue weighted by molar-refractivity contribution is 0.0197. The first-order valence-electron chi connectivity index (χ1n) is 5.49. The number of rotatable bonds is 6. The lowest BCUT2D eigenvalue weighted by Gasteiger charge is -2.21. The molecule has 1 rings (SSSR count). The maximum absolute atomic E-state index is 9.10. The summed E-state index contributed by atoms with van der Waals surface area (Å²) in [6.45, 7) is 5.13. The van der Waals surface area contributed by atoms with Crippen molar-refractivity contribution >= 4 is 15.9 Å². The van der Waals surface area contributed by atoms with Crippen LogP contribution in [-0.4, -0.2) is 25.4 Å². The maximum Gasteiger partial charge on any atom is 0.133 e. The van der Waals surface area contributed by atoms with Crippen molar-refractivity contribution < 1.29 is 14.6 Å². The average molecular weight is 303 g/mol. The van der Waals surface area contributed by atoms with Crippen LogP contribution in [0.1, 0.15) is 19.4 Å². The number of methoxy groups -OCH3 is 1. The van der Waals surface area contributed by atoms with E-state index in [0.29, 0.717) is 13.2 Å². The molecule has 0 atom stereocenters. The molecule has 17 heavy (non-hydrogen) atoms. The Labute approximate surface area is 111 Å². The Balaban J connectivity index is 2.50. The fraction of sp³-hybridized carbons (Fsp3) is 0.538. The minimum atomic E-state index is -0.191. The normalized spacial score (nSPS) is 11.6. The number of halogens is 1. The van der Waals surface area contributed by atoms with E-state index in [0.717, 1.165) is 15.8 Å². The summed E-state index contributed by atoms with van der Waals surface area (Å²) < 4.78 is 11.7. The summed E-state index contributed by atoms with van der Waals surface area (Å²) in [5.74, 6) is 0.810. The van der Waals surface area contributed by atoms with E-state index in [2.05, 4.69) is 15.9 Å². The van der Waals surface area contributed by atoms with Gasteiger partial charge < -0.3 is 14.6 Å². The Morgan fingerprint density at radius 1 is 1.35 bits per heavy atom. The van der Waals surface area contributed by atoms with Crippen molar-refractivity contribution in [1.82, 2.24) is 0 Å². The highest BCUT2D eigenvalue weighted by Crippen LogP contribution is 2.26. The van der Waals surface area contributed by atoms with Gasteiger partial charge in [-0.2, -0.15) is 0 Å². The highest BCUT2D eigenvalue weighted by atomic mass is 79.9. The largest absolute Gasteiger partial charge is 0.496 e. The summed E-state index contributed by atoms with van der Waals surface area (Å²) in [4.78, 5) is 0. The van der Waals surface area contributed by atoms with E-state index in [1.165, 1.54) is 0 Å². The van der Waals surface area contributed by atoms with E-state index < -0.39 is 0 Å². The Kier molecular flexibility index (Phi) is 5.43. The van der Waals surface area contributed by atoms with Crippen molar-refractivity contribution in [3.8, 4) is 5.75 Å². The molecule has 3 nitrogen and oxygen atoms in total. The molecular formula is C13H19BrO3. The van der Waals surface area contributed by atoms with Crippen molar-refractivity contribution in [1.29, 1.82) is 0 Å². The van der Waals surface area contributed by atoms with Crippen LogP contribution in [0.25, 0.3) is 0 Å². The molecule has 96 valence electrons. The van der Waals surface area contributed by atoms with Gasteiger partial charge in [0, 0.05) is 5.41 Å². The Hall–Kier alpha value is -0.580. The molecule has 0 amide bonds. The number of aliphatic hydroxyl groups is 1. The molecule has 0 bridgehead atoms. The molecule has 0 saturated heterocycles. The fourth-order valence-electron chi connectivity index (χ4n) is 1.29. The first-order chi connectivity index (χ1) is 7.98. The van der Waals surface area contributed by atoms with Crippen molar-refractivity contribution in [3.63, 3.8) is 0 Å². The molecule has 0 aliphatic rings. The second kappa shape index (κ2) is 6.38. The minimum Gasteiger partial charge on any atom is -0.496 e. The van der Waals surface area contributed by atoms with Gasteiger partial charge in [0.25, 0.3) is 0 Å². The quantitative estimate of drug-likeness (QED) is 0.878. The summed E-state index contributed by atoms with van der Waals surface area (Å²) >= 11 is 3.43. The van der Waals surface area contributed by atoms with Gasteiger partial charge in [0.15, 0.2) is 0 Å². The minimum absolute atomic E-state index is 0.124. The van der Waals surface area contributed by atoms with Crippen LogP contribution in [0.15, 0.2) is 22.7 Å². The first-order valence-corrected chi connectivity index (χ1v) is 6.29. The van der Waals surface area contributed by atoms with Gasteiger partial charge in [-0.15, -0.1) is 0 Å². The van der Waals surface area contributed by atoms with Crippen LogP contribution < -0.4 is 4.74 Å². The summed E-state index contributed by atoms with van der Waals surface area (Å²) in [6, 6.07) is 5.85. The zero-order valence-electron chi connectivity index (χ0n) is 10.5. The van der Waals surface area contributed by atoms with E-state index in [-0.39, 0.29) is 12.0 Å². The molecule has 0 spiro atoms. The molecule has 0 radical (unpaired) electrons. The number of hydrogen-bond acceptors (Lipinski definition) is 3. The maximum atomic E-state index is 9.10. The van der Waals surface area contributed by atoms with Gasteiger partial charge in [0.1, 0.15) is 5.75 Å². The standard InChI is InChI=1S/C13H19BrO3/c1-13(2,8-15)9-17-7-10-4-5-12(16-3)11(14)6-10/h4-6,15H,7-9H2,1-3H3. The van der Waals surface area contributed by atoms with E-state index >= 15 is 0 Å². The van der Waals surface area contributed by atoms with Gasteiger partial charge in [-0.05, 0) is 33.6 Å². The number of benzene rings is 1. The van der Waals surface area contributed by atoms with Crippen LogP contribution in [0.5, 0.6) is 5.75 Å². The fourth-order valence-corrected chi connectivity index (χ4v) is 1.88. The Bertz CT molecular complexity index is 364. The smallest absolute Gasteiger partial charge is 0.133 e. The third kappa shape index (κ3) is 4.66. The predicted octanol–water partition coefficient (Wildman–Crippen LogP) is 2.99. The number of ether oxygens (including phenoxy) is 2. The molecule has 1 aromatic rings. The molecule has 0 unspecified atom stereocenters. The molecule has 0 saturated carbocycles. The van der Waals surface area contributed by atoms with E-state index in [4.69, 9.17) is 14.6 Å². The molecule has 1 N–H and O–H groups in total. The molecule has 0 aliphatic heterocycles. The van der Waals surface area contributed by atoms with Gasteiger partial charge in [0.05, 0.1) is 31.4 Å². The SMILES string of the molecule is COc1ccc(COCC(C)(C)CO)cc1Br. The topological polar surface area (TPSA) is 38.7 Å². The zero-order valence-corrected chi connectivity index (χ0v) is 12.1. The summed E-state index contributed by atoms with van der Waals surface area (Å²) in [7, 11) is 1.64. The van der Waals surface area contributed by atoms with E-state index in [1.807, 2.05) is 32.0 Å². The van der Waals surface area contributed by atoms with E-state index in [9.17, 15) is 0 Å². The van der Waals surface area contributed by atoms with Crippen molar-refractivity contribution in [3.05, 3.63) is 28.2 Å². The van der Waals surface area contributed by atoms with Crippen LogP contribution in [0.2, 0.25) is 0 Å². The molecule has 0 heterocycles. The Morgan fingerprint density at radius 2 is 2.06 bits per heavy atom. The highest BCUT2D eigenvalue weighted by Gasteiger charge is 2.16. The average Bonchev–Trinajstić information content (AvgIpc) is 2.29. The predicted molar refractivity (Wildman–Crippen MR) is 71.2 cm³/mol. The van der Waals surface area contributed by atoms with Crippen LogP contribution in [0.3, 0.4) is 0 Å². The summed E-state index contributed by atoms with van der Waals surface area (Å²) in [5, 5.41) is 9.10. The van der Waals surface area contributed by atoms with Gasteiger partial charge in [-0.25, -0.2) is 0 Å². The van der Waals surface area contributed by atoms with Gasteiger partial charge >= 0.3 is 0 Å². The molecule has 0 aliphatic carbocycles. The van der Waals surface area contributed by atoms with E-state index in [1.54, 1.807) is 7.11 Å². The van der Waals surface area contributed by atoms with Crippen LogP contribution in [-0.2, 0) is 11.3 Å². The summed E-state index contributed by atoms with van der Waals surface area (Å²) in [5.41, 5.74) is 0.885. The molecule has 1 aromatic carbocycles. The molecule has 4 heteroatoms. The monoisotopic (exact) mass is 302 g/mol. The third-order valence-electron chi connectivity index (χ3n) is 2.41. The number of aliphatic hydroxyl groups excluding tert-OH is 1. The van der Waals surface area contributed by atoms with Gasteiger partial charge in [-0.3, -0.25) is 0 Å². The Morgan fingerprint density at radius 3 is 2.59 bits per heavy atom. The van der Waals surface area contributed by atoms with Gasteiger partial charge in [0.2, 0.25) is 0 Å².